The number of methoxy groups -OCH3 is 3. The number of likely N-dealkylation sites (N-methyl/N-ethyl adjacent to an activating group) is 1. The number of ether oxygens (including phenoxy) is 4. The third-order valence-corrected chi connectivity index (χ3v) is 3.46. The van der Waals surface area contributed by atoms with Crippen molar-refractivity contribution in [3.05, 3.63) is 17.7 Å². The van der Waals surface area contributed by atoms with Crippen LogP contribution < -0.4 is 14.2 Å². The topological polar surface area (TPSA) is 57.2 Å². The SMILES string of the molecule is CCN(CC)CCOC(=O)c1cc(OC)c(OC)cc1OC. The summed E-state index contributed by atoms with van der Waals surface area (Å²) in [4.78, 5) is 14.4. The molecule has 0 fully saturated rings. The third-order valence-electron chi connectivity index (χ3n) is 3.46. The van der Waals surface area contributed by atoms with Gasteiger partial charge in [-0.2, -0.15) is 0 Å². The van der Waals surface area contributed by atoms with Gasteiger partial charge in [0.1, 0.15) is 17.9 Å². The first-order valence-electron chi connectivity index (χ1n) is 7.30. The van der Waals surface area contributed by atoms with Gasteiger partial charge in [0, 0.05) is 18.7 Å². The van der Waals surface area contributed by atoms with Gasteiger partial charge in [0.15, 0.2) is 11.5 Å². The summed E-state index contributed by atoms with van der Waals surface area (Å²) in [5.74, 6) is 0.911. The van der Waals surface area contributed by atoms with Gasteiger partial charge in [-0.25, -0.2) is 4.79 Å². The summed E-state index contributed by atoms with van der Waals surface area (Å²) in [6.45, 7) is 7.03. The Morgan fingerprint density at radius 1 is 0.955 bits per heavy atom. The number of nitrogens with zero attached hydrogens (tertiary/aromatic N) is 1. The van der Waals surface area contributed by atoms with Gasteiger partial charge < -0.3 is 23.8 Å². The molecule has 22 heavy (non-hydrogen) atoms. The lowest BCUT2D eigenvalue weighted by Gasteiger charge is -2.18. The molecule has 1 aromatic rings. The maximum atomic E-state index is 12.2. The molecule has 0 saturated heterocycles. The monoisotopic (exact) mass is 311 g/mol. The van der Waals surface area contributed by atoms with Gasteiger partial charge in [-0.3, -0.25) is 0 Å². The molecule has 0 aliphatic carbocycles. The highest BCUT2D eigenvalue weighted by Gasteiger charge is 2.19. The van der Waals surface area contributed by atoms with Gasteiger partial charge in [0.25, 0.3) is 0 Å². The maximum Gasteiger partial charge on any atom is 0.342 e. The zero-order valence-corrected chi connectivity index (χ0v) is 14.0. The lowest BCUT2D eigenvalue weighted by atomic mass is 10.1. The second-order valence-corrected chi connectivity index (χ2v) is 4.57. The molecule has 6 nitrogen and oxygen atoms in total. The Bertz CT molecular complexity index is 486. The van der Waals surface area contributed by atoms with E-state index in [0.29, 0.717) is 36.0 Å². The molecule has 0 bridgehead atoms. The highest BCUT2D eigenvalue weighted by molar-refractivity contribution is 5.93. The Morgan fingerprint density at radius 2 is 1.50 bits per heavy atom. The quantitative estimate of drug-likeness (QED) is 0.652. The van der Waals surface area contributed by atoms with Gasteiger partial charge in [0.05, 0.1) is 21.3 Å². The van der Waals surface area contributed by atoms with E-state index in [4.69, 9.17) is 18.9 Å². The van der Waals surface area contributed by atoms with Crippen LogP contribution in [0.4, 0.5) is 0 Å². The number of carbonyl (C=O) groups excluding carboxylic acids is 1. The fourth-order valence-electron chi connectivity index (χ4n) is 2.07. The van der Waals surface area contributed by atoms with Crippen LogP contribution in [0.5, 0.6) is 17.2 Å². The van der Waals surface area contributed by atoms with Crippen molar-refractivity contribution >= 4 is 5.97 Å². The lowest BCUT2D eigenvalue weighted by molar-refractivity contribution is 0.0462. The number of benzene rings is 1. The minimum atomic E-state index is -0.440. The second-order valence-electron chi connectivity index (χ2n) is 4.57. The van der Waals surface area contributed by atoms with E-state index in [1.54, 1.807) is 12.1 Å². The Morgan fingerprint density at radius 3 is 2.00 bits per heavy atom. The zero-order chi connectivity index (χ0) is 16.5. The first kappa shape index (κ1) is 18.1. The van der Waals surface area contributed by atoms with Crippen molar-refractivity contribution in [2.24, 2.45) is 0 Å². The first-order valence-corrected chi connectivity index (χ1v) is 7.30. The van der Waals surface area contributed by atoms with Crippen LogP contribution in [0.15, 0.2) is 12.1 Å². The summed E-state index contributed by atoms with van der Waals surface area (Å²) in [5, 5.41) is 0. The highest BCUT2D eigenvalue weighted by Crippen LogP contribution is 2.34. The molecular weight excluding hydrogens is 286 g/mol. The van der Waals surface area contributed by atoms with Gasteiger partial charge in [-0.15, -0.1) is 0 Å². The zero-order valence-electron chi connectivity index (χ0n) is 14.0. The molecule has 0 N–H and O–H groups in total. The van der Waals surface area contributed by atoms with E-state index in [1.165, 1.54) is 21.3 Å². The molecule has 0 saturated carbocycles. The molecule has 0 aliphatic heterocycles. The Labute approximate surface area is 131 Å². The van der Waals surface area contributed by atoms with Crippen LogP contribution in [-0.4, -0.2) is 58.4 Å². The molecule has 124 valence electrons. The largest absolute Gasteiger partial charge is 0.496 e. The summed E-state index contributed by atoms with van der Waals surface area (Å²) >= 11 is 0. The molecule has 0 aromatic heterocycles. The van der Waals surface area contributed by atoms with Gasteiger partial charge >= 0.3 is 5.97 Å². The van der Waals surface area contributed by atoms with E-state index < -0.39 is 5.97 Å². The van der Waals surface area contributed by atoms with E-state index in [9.17, 15) is 4.79 Å². The minimum Gasteiger partial charge on any atom is -0.496 e. The van der Waals surface area contributed by atoms with E-state index in [2.05, 4.69) is 18.7 Å². The predicted molar refractivity (Wildman–Crippen MR) is 84.2 cm³/mol. The Hall–Kier alpha value is -1.95. The molecule has 1 rings (SSSR count). The maximum absolute atomic E-state index is 12.2. The molecule has 0 heterocycles. The van der Waals surface area contributed by atoms with Crippen molar-refractivity contribution in [3.8, 4) is 17.2 Å². The fraction of sp³-hybridized carbons (Fsp3) is 0.562. The highest BCUT2D eigenvalue weighted by atomic mass is 16.5. The molecule has 6 heteroatoms. The molecule has 0 aliphatic rings. The lowest BCUT2D eigenvalue weighted by Crippen LogP contribution is -2.28. The van der Waals surface area contributed by atoms with Crippen molar-refractivity contribution in [1.82, 2.24) is 4.90 Å². The number of hydrogen-bond acceptors (Lipinski definition) is 6. The summed E-state index contributed by atoms with van der Waals surface area (Å²) in [6, 6.07) is 3.18. The van der Waals surface area contributed by atoms with Gasteiger partial charge in [-0.05, 0) is 13.1 Å². The Kier molecular flexibility index (Phi) is 7.52. The molecule has 1 aromatic carbocycles. The second kappa shape index (κ2) is 9.15. The average molecular weight is 311 g/mol. The van der Waals surface area contributed by atoms with Crippen LogP contribution in [0.3, 0.4) is 0 Å². The number of rotatable bonds is 9. The van der Waals surface area contributed by atoms with Crippen molar-refractivity contribution in [1.29, 1.82) is 0 Å². The summed E-state index contributed by atoms with van der Waals surface area (Å²) in [5.41, 5.74) is 0.319. The van der Waals surface area contributed by atoms with Crippen molar-refractivity contribution in [3.63, 3.8) is 0 Å². The van der Waals surface area contributed by atoms with Gasteiger partial charge in [-0.1, -0.05) is 13.8 Å². The first-order chi connectivity index (χ1) is 10.6. The Balaban J connectivity index is 2.83. The van der Waals surface area contributed by atoms with Crippen molar-refractivity contribution < 1.29 is 23.7 Å². The standard InChI is InChI=1S/C16H25NO5/c1-6-17(7-2)8-9-22-16(18)12-10-14(20-4)15(21-5)11-13(12)19-3/h10-11H,6-9H2,1-5H3. The van der Waals surface area contributed by atoms with Crippen molar-refractivity contribution in [2.45, 2.75) is 13.8 Å². The molecule has 0 amide bonds. The van der Waals surface area contributed by atoms with Crippen LogP contribution in [-0.2, 0) is 4.74 Å². The molecule has 0 radical (unpaired) electrons. The molecular formula is C16H25NO5. The van der Waals surface area contributed by atoms with Crippen LogP contribution in [0, 0.1) is 0 Å². The van der Waals surface area contributed by atoms with Crippen LogP contribution in [0.1, 0.15) is 24.2 Å². The third kappa shape index (κ3) is 4.53. The van der Waals surface area contributed by atoms with E-state index >= 15 is 0 Å². The van der Waals surface area contributed by atoms with Crippen LogP contribution in [0.25, 0.3) is 0 Å². The smallest absolute Gasteiger partial charge is 0.342 e. The summed E-state index contributed by atoms with van der Waals surface area (Å²) < 4.78 is 21.0. The minimum absolute atomic E-state index is 0.319. The average Bonchev–Trinajstić information content (AvgIpc) is 2.57. The number of esters is 1. The van der Waals surface area contributed by atoms with E-state index in [1.807, 2.05) is 0 Å². The number of carbonyl (C=O) groups is 1. The summed E-state index contributed by atoms with van der Waals surface area (Å²) in [6.07, 6.45) is 0. The fourth-order valence-corrected chi connectivity index (χ4v) is 2.07. The van der Waals surface area contributed by atoms with Crippen LogP contribution >= 0.6 is 0 Å². The molecule has 0 atom stereocenters. The normalized spacial score (nSPS) is 10.5. The van der Waals surface area contributed by atoms with E-state index in [0.717, 1.165) is 13.1 Å². The number of hydrogen-bond donors (Lipinski definition) is 0. The summed E-state index contributed by atoms with van der Waals surface area (Å²) in [7, 11) is 4.53. The van der Waals surface area contributed by atoms with Gasteiger partial charge in [0.2, 0.25) is 0 Å². The molecule has 0 spiro atoms. The predicted octanol–water partition coefficient (Wildman–Crippen LogP) is 2.21. The van der Waals surface area contributed by atoms with Crippen molar-refractivity contribution in [2.75, 3.05) is 47.6 Å². The van der Waals surface area contributed by atoms with Crippen LogP contribution in [0.2, 0.25) is 0 Å². The van der Waals surface area contributed by atoms with E-state index in [-0.39, 0.29) is 0 Å². The molecule has 0 unspecified atom stereocenters.